The zero-order valence-corrected chi connectivity index (χ0v) is 4.80. The van der Waals surface area contributed by atoms with Gasteiger partial charge in [-0.2, -0.15) is 0 Å². The van der Waals surface area contributed by atoms with E-state index in [4.69, 9.17) is 5.11 Å². The molecule has 0 radical (unpaired) electrons. The largest absolute Gasteiger partial charge is 0.480 e. The highest BCUT2D eigenvalue weighted by Crippen LogP contribution is 2.09. The molecule has 3 nitrogen and oxygen atoms in total. The van der Waals surface area contributed by atoms with Crippen LogP contribution in [0, 0.1) is 0 Å². The smallest absolute Gasteiger partial charge is 0.320 e. The van der Waals surface area contributed by atoms with Gasteiger partial charge in [0.2, 0.25) is 0 Å². The number of hydrogen-bond donors (Lipinski definition) is 2. The van der Waals surface area contributed by atoms with Crippen molar-refractivity contribution in [3.8, 4) is 0 Å². The van der Waals surface area contributed by atoms with Crippen LogP contribution in [0.2, 0.25) is 0 Å². The molecule has 1 saturated heterocycles. The molecular weight excluding hydrogens is 124 g/mol. The highest BCUT2D eigenvalue weighted by molar-refractivity contribution is 5.73. The average molecular weight is 132 g/mol. The van der Waals surface area contributed by atoms with E-state index in [1.807, 2.05) is 0 Å². The standard InChI is InChI=1S/C5H8FNO2/c6-3-1-4(5(8)9)7-2-3/h3-4,7H,1-2H2,(H,8,9)/i6-1. The summed E-state index contributed by atoms with van der Waals surface area (Å²) in [6.45, 7) is 0.178. The SMILES string of the molecule is O=C(O)C1CC([18F])CN1. The van der Waals surface area contributed by atoms with Gasteiger partial charge in [0.15, 0.2) is 0 Å². The third kappa shape index (κ3) is 1.38. The summed E-state index contributed by atoms with van der Waals surface area (Å²) < 4.78 is 12.2. The molecule has 1 fully saturated rings. The van der Waals surface area contributed by atoms with Crippen LogP contribution in [0.4, 0.5) is 4.39 Å². The summed E-state index contributed by atoms with van der Waals surface area (Å²) in [5.41, 5.74) is 0. The highest BCUT2D eigenvalue weighted by atomic mass is 18.2. The molecule has 0 aliphatic carbocycles. The topological polar surface area (TPSA) is 49.3 Å². The van der Waals surface area contributed by atoms with E-state index >= 15 is 0 Å². The van der Waals surface area contributed by atoms with Crippen LogP contribution in [0.25, 0.3) is 0 Å². The second kappa shape index (κ2) is 2.31. The molecule has 0 spiro atoms. The monoisotopic (exact) mass is 132 g/mol. The van der Waals surface area contributed by atoms with Crippen molar-refractivity contribution in [3.63, 3.8) is 0 Å². The molecule has 2 atom stereocenters. The quantitative estimate of drug-likeness (QED) is 0.518. The zero-order chi connectivity index (χ0) is 6.85. The molecule has 1 aliphatic heterocycles. The Morgan fingerprint density at radius 2 is 2.44 bits per heavy atom. The number of halogens is 1. The van der Waals surface area contributed by atoms with E-state index in [2.05, 4.69) is 5.32 Å². The molecule has 0 aromatic rings. The van der Waals surface area contributed by atoms with Crippen LogP contribution in [0.15, 0.2) is 0 Å². The number of aliphatic carboxylic acids is 1. The number of hydrogen-bond acceptors (Lipinski definition) is 2. The molecule has 2 unspecified atom stereocenters. The van der Waals surface area contributed by atoms with E-state index in [1.165, 1.54) is 0 Å². The van der Waals surface area contributed by atoms with Gasteiger partial charge in [0.1, 0.15) is 12.2 Å². The summed E-state index contributed by atoms with van der Waals surface area (Å²) in [4.78, 5) is 10.1. The molecule has 0 saturated carbocycles. The second-order valence-electron chi connectivity index (χ2n) is 2.13. The van der Waals surface area contributed by atoms with Crippen molar-refractivity contribution in [3.05, 3.63) is 0 Å². The first-order valence-electron chi connectivity index (χ1n) is 2.80. The minimum Gasteiger partial charge on any atom is -0.480 e. The molecule has 1 rings (SSSR count). The van der Waals surface area contributed by atoms with Crippen LogP contribution in [-0.4, -0.2) is 29.8 Å². The maximum atomic E-state index is 12.2. The van der Waals surface area contributed by atoms with E-state index in [-0.39, 0.29) is 13.0 Å². The predicted octanol–water partition coefficient (Wildman–Crippen LogP) is -0.229. The summed E-state index contributed by atoms with van der Waals surface area (Å²) in [5.74, 6) is -0.963. The Kier molecular flexibility index (Phi) is 1.66. The minimum atomic E-state index is -0.980. The Hall–Kier alpha value is -0.640. The first-order valence-corrected chi connectivity index (χ1v) is 2.80. The van der Waals surface area contributed by atoms with Gasteiger partial charge in [-0.3, -0.25) is 4.79 Å². The maximum absolute atomic E-state index is 12.2. The van der Waals surface area contributed by atoms with Crippen molar-refractivity contribution in [1.82, 2.24) is 5.32 Å². The van der Waals surface area contributed by atoms with Gasteiger partial charge >= 0.3 is 5.97 Å². The van der Waals surface area contributed by atoms with E-state index in [0.29, 0.717) is 0 Å². The van der Waals surface area contributed by atoms with E-state index in [9.17, 15) is 9.18 Å². The normalized spacial score (nSPS) is 34.8. The Morgan fingerprint density at radius 1 is 1.78 bits per heavy atom. The van der Waals surface area contributed by atoms with Gasteiger partial charge in [0.05, 0.1) is 0 Å². The fraction of sp³-hybridized carbons (Fsp3) is 0.800. The lowest BCUT2D eigenvalue weighted by Gasteiger charge is -1.99. The van der Waals surface area contributed by atoms with Crippen LogP contribution in [0.3, 0.4) is 0 Å². The van der Waals surface area contributed by atoms with Crippen molar-refractivity contribution in [2.75, 3.05) is 6.54 Å². The van der Waals surface area contributed by atoms with Crippen LogP contribution >= 0.6 is 0 Å². The molecule has 0 aromatic heterocycles. The van der Waals surface area contributed by atoms with E-state index in [0.717, 1.165) is 0 Å². The summed E-state index contributed by atoms with van der Waals surface area (Å²) in [6.07, 6.45) is -0.874. The number of alkyl halides is 1. The van der Waals surface area contributed by atoms with E-state index < -0.39 is 18.2 Å². The van der Waals surface area contributed by atoms with Gasteiger partial charge in [-0.05, 0) is 0 Å². The van der Waals surface area contributed by atoms with E-state index in [1.54, 1.807) is 0 Å². The number of carboxylic acid groups (broad SMARTS) is 1. The van der Waals surface area contributed by atoms with Gasteiger partial charge in [0.25, 0.3) is 0 Å². The van der Waals surface area contributed by atoms with Crippen molar-refractivity contribution < 1.29 is 14.3 Å². The first kappa shape index (κ1) is 6.48. The first-order chi connectivity index (χ1) is 4.20. The Bertz CT molecular complexity index is 128. The van der Waals surface area contributed by atoms with Gasteiger partial charge < -0.3 is 10.4 Å². The molecule has 52 valence electrons. The second-order valence-corrected chi connectivity index (χ2v) is 2.13. The maximum Gasteiger partial charge on any atom is 0.320 e. The number of rotatable bonds is 1. The third-order valence-electron chi connectivity index (χ3n) is 1.38. The fourth-order valence-electron chi connectivity index (χ4n) is 0.881. The lowest BCUT2D eigenvalue weighted by Crippen LogP contribution is -2.29. The lowest BCUT2D eigenvalue weighted by atomic mass is 10.2. The lowest BCUT2D eigenvalue weighted by molar-refractivity contribution is -0.139. The summed E-state index contributed by atoms with van der Waals surface area (Å²) in [6, 6.07) is -0.667. The Balaban J connectivity index is 2.39. The molecule has 0 bridgehead atoms. The van der Waals surface area contributed by atoms with Crippen LogP contribution in [0.1, 0.15) is 6.42 Å². The molecule has 9 heavy (non-hydrogen) atoms. The molecule has 2 N–H and O–H groups in total. The Labute approximate surface area is 51.9 Å². The zero-order valence-electron chi connectivity index (χ0n) is 4.80. The fourth-order valence-corrected chi connectivity index (χ4v) is 0.881. The van der Waals surface area contributed by atoms with Crippen LogP contribution in [0.5, 0.6) is 0 Å². The van der Waals surface area contributed by atoms with Gasteiger partial charge in [-0.1, -0.05) is 0 Å². The molecule has 1 heterocycles. The minimum absolute atomic E-state index is 0.106. The van der Waals surface area contributed by atoms with Crippen molar-refractivity contribution >= 4 is 5.97 Å². The van der Waals surface area contributed by atoms with Gasteiger partial charge in [-0.25, -0.2) is 4.39 Å². The van der Waals surface area contributed by atoms with Gasteiger partial charge in [-0.15, -0.1) is 0 Å². The van der Waals surface area contributed by atoms with Crippen molar-refractivity contribution in [2.24, 2.45) is 0 Å². The third-order valence-corrected chi connectivity index (χ3v) is 1.38. The summed E-state index contributed by atoms with van der Waals surface area (Å²) in [5, 5.41) is 10.8. The van der Waals surface area contributed by atoms with Gasteiger partial charge in [0, 0.05) is 13.0 Å². The summed E-state index contributed by atoms with van der Waals surface area (Å²) >= 11 is 0. The van der Waals surface area contributed by atoms with Crippen LogP contribution in [-0.2, 0) is 4.79 Å². The number of carbonyl (C=O) groups is 1. The molecule has 4 heteroatoms. The average Bonchev–Trinajstić information content (AvgIpc) is 2.14. The Morgan fingerprint density at radius 3 is 2.67 bits per heavy atom. The van der Waals surface area contributed by atoms with Crippen molar-refractivity contribution in [2.45, 2.75) is 18.6 Å². The highest BCUT2D eigenvalue weighted by Gasteiger charge is 2.28. The van der Waals surface area contributed by atoms with Crippen LogP contribution < -0.4 is 5.32 Å². The molecule has 0 aromatic carbocycles. The molecule has 1 aliphatic rings. The van der Waals surface area contributed by atoms with Crippen molar-refractivity contribution in [1.29, 1.82) is 0 Å². The summed E-state index contributed by atoms with van der Waals surface area (Å²) in [7, 11) is 0. The number of nitrogens with one attached hydrogen (secondary N) is 1. The molecular formula is C5H8FNO2. The predicted molar refractivity (Wildman–Crippen MR) is 28.9 cm³/mol. The molecule has 0 amide bonds. The number of carboxylic acids is 1.